The summed E-state index contributed by atoms with van der Waals surface area (Å²) in [6.45, 7) is 0.979. The van der Waals surface area contributed by atoms with Crippen molar-refractivity contribution in [3.8, 4) is 0 Å². The lowest BCUT2D eigenvalue weighted by Crippen LogP contribution is -2.11. The molecule has 0 unspecified atom stereocenters. The fraction of sp³-hybridized carbons (Fsp3) is 0.182. The van der Waals surface area contributed by atoms with Crippen LogP contribution in [0.3, 0.4) is 0 Å². The van der Waals surface area contributed by atoms with Crippen LogP contribution in [-0.4, -0.2) is 17.7 Å². The van der Waals surface area contributed by atoms with E-state index >= 15 is 0 Å². The van der Waals surface area contributed by atoms with Crippen molar-refractivity contribution in [1.82, 2.24) is 4.98 Å². The summed E-state index contributed by atoms with van der Waals surface area (Å²) in [7, 11) is 0. The number of H-pyrrole nitrogens is 1. The molecule has 1 aromatic carbocycles. The summed E-state index contributed by atoms with van der Waals surface area (Å²) in [5.41, 5.74) is 1.17. The highest BCUT2D eigenvalue weighted by Crippen LogP contribution is 2.22. The van der Waals surface area contributed by atoms with Crippen LogP contribution in [0, 0.1) is 0 Å². The molecule has 3 heteroatoms. The second kappa shape index (κ2) is 2.87. The predicted molar refractivity (Wildman–Crippen MR) is 58.8 cm³/mol. The molecule has 14 heavy (non-hydrogen) atoms. The zero-order valence-corrected chi connectivity index (χ0v) is 7.77. The predicted octanol–water partition coefficient (Wildman–Crippen LogP) is 2.36. The van der Waals surface area contributed by atoms with Crippen molar-refractivity contribution < 1.29 is 0 Å². The number of aromatic amines is 1. The van der Waals surface area contributed by atoms with Gasteiger partial charge in [0, 0.05) is 30.1 Å². The molecule has 1 aliphatic heterocycles. The average Bonchev–Trinajstić information content (AvgIpc) is 2.86. The summed E-state index contributed by atoms with van der Waals surface area (Å²) >= 11 is 0. The second-order valence-corrected chi connectivity index (χ2v) is 3.45. The minimum absolute atomic E-state index is 0.979. The third kappa shape index (κ3) is 1.09. The summed E-state index contributed by atoms with van der Waals surface area (Å²) in [5.74, 6) is 1.08. The molecule has 0 amide bonds. The maximum Gasteiger partial charge on any atom is 0.127 e. The highest BCUT2D eigenvalue weighted by molar-refractivity contribution is 5.84. The summed E-state index contributed by atoms with van der Waals surface area (Å²) < 4.78 is 0. The van der Waals surface area contributed by atoms with E-state index in [0.717, 1.165) is 18.8 Å². The van der Waals surface area contributed by atoms with Crippen molar-refractivity contribution in [3.05, 3.63) is 30.3 Å². The molecule has 70 valence electrons. The number of anilines is 1. The lowest BCUT2D eigenvalue weighted by molar-refractivity contribution is 0.905. The third-order valence-corrected chi connectivity index (χ3v) is 2.48. The monoisotopic (exact) mass is 185 g/mol. The van der Waals surface area contributed by atoms with E-state index in [9.17, 15) is 0 Å². The van der Waals surface area contributed by atoms with Crippen LogP contribution < -0.4 is 5.01 Å². The van der Waals surface area contributed by atoms with Crippen molar-refractivity contribution >= 4 is 22.9 Å². The minimum Gasteiger partial charge on any atom is -0.340 e. The number of hydrazone groups is 1. The Morgan fingerprint density at radius 1 is 1.29 bits per heavy atom. The molecule has 0 spiro atoms. The highest BCUT2D eigenvalue weighted by Gasteiger charge is 2.10. The van der Waals surface area contributed by atoms with Gasteiger partial charge in [0.1, 0.15) is 5.82 Å². The Hall–Kier alpha value is -1.77. The molecule has 0 atom stereocenters. The highest BCUT2D eigenvalue weighted by atomic mass is 15.5. The van der Waals surface area contributed by atoms with Gasteiger partial charge in [0.2, 0.25) is 0 Å². The summed E-state index contributed by atoms with van der Waals surface area (Å²) in [6, 6.07) is 10.4. The van der Waals surface area contributed by atoms with Gasteiger partial charge in [-0.15, -0.1) is 0 Å². The number of benzene rings is 1. The number of hydrogen-bond acceptors (Lipinski definition) is 2. The quantitative estimate of drug-likeness (QED) is 0.726. The van der Waals surface area contributed by atoms with E-state index in [2.05, 4.69) is 28.3 Å². The molecular formula is C11H11N3. The Bertz CT molecular complexity index is 451. The van der Waals surface area contributed by atoms with Crippen LogP contribution in [0.2, 0.25) is 0 Å². The smallest absolute Gasteiger partial charge is 0.127 e. The molecule has 1 N–H and O–H groups in total. The summed E-state index contributed by atoms with van der Waals surface area (Å²) in [4.78, 5) is 3.35. The molecule has 0 aliphatic carbocycles. The molecule has 0 bridgehead atoms. The number of fused-ring (bicyclic) bond motifs is 1. The number of nitrogens with one attached hydrogen (secondary N) is 1. The fourth-order valence-corrected chi connectivity index (χ4v) is 1.77. The van der Waals surface area contributed by atoms with Gasteiger partial charge in [-0.3, -0.25) is 0 Å². The van der Waals surface area contributed by atoms with E-state index in [4.69, 9.17) is 0 Å². The molecule has 0 radical (unpaired) electrons. The third-order valence-electron chi connectivity index (χ3n) is 2.48. The first-order valence-corrected chi connectivity index (χ1v) is 4.81. The van der Waals surface area contributed by atoms with E-state index in [1.807, 2.05) is 23.4 Å². The molecule has 3 nitrogen and oxygen atoms in total. The lowest BCUT2D eigenvalue weighted by Gasteiger charge is -2.09. The van der Waals surface area contributed by atoms with Crippen molar-refractivity contribution in [3.63, 3.8) is 0 Å². The van der Waals surface area contributed by atoms with Crippen molar-refractivity contribution in [2.75, 3.05) is 11.6 Å². The molecule has 0 saturated heterocycles. The van der Waals surface area contributed by atoms with Crippen LogP contribution in [0.4, 0.5) is 5.82 Å². The van der Waals surface area contributed by atoms with Gasteiger partial charge in [0.05, 0.1) is 0 Å². The van der Waals surface area contributed by atoms with Gasteiger partial charge in [-0.1, -0.05) is 18.2 Å². The summed E-state index contributed by atoms with van der Waals surface area (Å²) in [6.07, 6.45) is 2.99. The van der Waals surface area contributed by atoms with Crippen LogP contribution in [-0.2, 0) is 0 Å². The first-order chi connectivity index (χ1) is 6.93. The van der Waals surface area contributed by atoms with E-state index in [1.165, 1.54) is 10.9 Å². The Kier molecular flexibility index (Phi) is 1.56. The Morgan fingerprint density at radius 2 is 2.21 bits per heavy atom. The molecule has 1 aliphatic rings. The molecule has 3 rings (SSSR count). The van der Waals surface area contributed by atoms with Crippen LogP contribution in [0.1, 0.15) is 6.42 Å². The Morgan fingerprint density at radius 3 is 3.00 bits per heavy atom. The normalized spacial score (nSPS) is 15.6. The zero-order chi connectivity index (χ0) is 9.38. The largest absolute Gasteiger partial charge is 0.340 e. The van der Waals surface area contributed by atoms with Gasteiger partial charge in [0.25, 0.3) is 0 Å². The standard InChI is InChI=1S/C11H11N3/c1-2-5-10-9(4-1)8-11(13-10)14-7-3-6-12-14/h1-2,4-6,8,13H,3,7H2. The Labute approximate surface area is 82.0 Å². The molecule has 0 saturated carbocycles. The van der Waals surface area contributed by atoms with Crippen molar-refractivity contribution in [2.24, 2.45) is 5.10 Å². The number of nitrogens with zero attached hydrogens (tertiary/aromatic N) is 2. The maximum absolute atomic E-state index is 4.28. The number of aromatic nitrogens is 1. The second-order valence-electron chi connectivity index (χ2n) is 3.45. The van der Waals surface area contributed by atoms with Gasteiger partial charge in [0.15, 0.2) is 0 Å². The van der Waals surface area contributed by atoms with Crippen LogP contribution >= 0.6 is 0 Å². The average molecular weight is 185 g/mol. The lowest BCUT2D eigenvalue weighted by atomic mass is 10.2. The first-order valence-electron chi connectivity index (χ1n) is 4.81. The first kappa shape index (κ1) is 7.62. The molecule has 0 fully saturated rings. The molecule has 2 heterocycles. The summed E-state index contributed by atoms with van der Waals surface area (Å²) in [5, 5.41) is 7.52. The molecule has 1 aromatic heterocycles. The van der Waals surface area contributed by atoms with E-state index in [0.29, 0.717) is 0 Å². The minimum atomic E-state index is 0.979. The molecular weight excluding hydrogens is 174 g/mol. The van der Waals surface area contributed by atoms with Gasteiger partial charge in [-0.25, -0.2) is 5.01 Å². The van der Waals surface area contributed by atoms with Crippen LogP contribution in [0.25, 0.3) is 10.9 Å². The van der Waals surface area contributed by atoms with Crippen LogP contribution in [0.15, 0.2) is 35.4 Å². The fourth-order valence-electron chi connectivity index (χ4n) is 1.77. The Balaban J connectivity index is 2.09. The topological polar surface area (TPSA) is 31.4 Å². The molecule has 2 aromatic rings. The van der Waals surface area contributed by atoms with E-state index < -0.39 is 0 Å². The number of para-hydroxylation sites is 1. The van der Waals surface area contributed by atoms with Crippen LogP contribution in [0.5, 0.6) is 0 Å². The van der Waals surface area contributed by atoms with Gasteiger partial charge in [-0.2, -0.15) is 5.10 Å². The van der Waals surface area contributed by atoms with Gasteiger partial charge < -0.3 is 4.98 Å². The van der Waals surface area contributed by atoms with Crippen molar-refractivity contribution in [2.45, 2.75) is 6.42 Å². The maximum atomic E-state index is 4.28. The zero-order valence-electron chi connectivity index (χ0n) is 7.77. The van der Waals surface area contributed by atoms with Gasteiger partial charge >= 0.3 is 0 Å². The SMILES string of the molecule is C1=NN(c2cc3ccccc3[nH]2)CC1. The van der Waals surface area contributed by atoms with E-state index in [1.54, 1.807) is 0 Å². The van der Waals surface area contributed by atoms with E-state index in [-0.39, 0.29) is 0 Å². The number of hydrogen-bond donors (Lipinski definition) is 1. The number of rotatable bonds is 1. The van der Waals surface area contributed by atoms with Gasteiger partial charge in [-0.05, 0) is 12.1 Å². The van der Waals surface area contributed by atoms with Crippen molar-refractivity contribution in [1.29, 1.82) is 0 Å².